The number of hydrogen-bond donors (Lipinski definition) is 1. The molecule has 2 saturated carbocycles. The molecule has 1 saturated heterocycles. The lowest BCUT2D eigenvalue weighted by Crippen LogP contribution is -2.74. The molecule has 2 aliphatic carbocycles. The van der Waals surface area contributed by atoms with E-state index in [0.29, 0.717) is 5.92 Å². The van der Waals surface area contributed by atoms with Gasteiger partial charge in [-0.15, -0.1) is 0 Å². The summed E-state index contributed by atoms with van der Waals surface area (Å²) in [4.78, 5) is 27.1. The van der Waals surface area contributed by atoms with Gasteiger partial charge >= 0.3 is 0 Å². The standard InChI is InChI=1S/C15H24N2O2/c1-14(2)13(19)17(9-8-10-4-5-10)15(3,11-6-7-11)12(18)16-14/h10-11H,4-9H2,1-3H3,(H,16,18). The van der Waals surface area contributed by atoms with Gasteiger partial charge in [0.1, 0.15) is 11.1 Å². The van der Waals surface area contributed by atoms with Crippen LogP contribution in [0.1, 0.15) is 52.9 Å². The van der Waals surface area contributed by atoms with Crippen LogP contribution in [0, 0.1) is 11.8 Å². The Bertz CT molecular complexity index is 424. The lowest BCUT2D eigenvalue weighted by Gasteiger charge is -2.49. The molecule has 1 unspecified atom stereocenters. The molecule has 1 aliphatic heterocycles. The maximum atomic E-state index is 12.7. The maximum absolute atomic E-state index is 12.7. The summed E-state index contributed by atoms with van der Waals surface area (Å²) in [6.45, 7) is 6.32. The Morgan fingerprint density at radius 1 is 1.16 bits per heavy atom. The largest absolute Gasteiger partial charge is 0.340 e. The topological polar surface area (TPSA) is 49.4 Å². The van der Waals surface area contributed by atoms with E-state index in [-0.39, 0.29) is 11.8 Å². The Balaban J connectivity index is 1.86. The van der Waals surface area contributed by atoms with Crippen molar-refractivity contribution in [2.45, 2.75) is 64.0 Å². The third-order valence-corrected chi connectivity index (χ3v) is 5.06. The Morgan fingerprint density at radius 2 is 1.79 bits per heavy atom. The Hall–Kier alpha value is -1.06. The average Bonchev–Trinajstić information content (AvgIpc) is 3.17. The third-order valence-electron chi connectivity index (χ3n) is 5.06. The number of amides is 2. The van der Waals surface area contributed by atoms with Crippen LogP contribution in [-0.4, -0.2) is 34.3 Å². The van der Waals surface area contributed by atoms with Crippen LogP contribution in [0.3, 0.4) is 0 Å². The second kappa shape index (κ2) is 3.97. The van der Waals surface area contributed by atoms with Gasteiger partial charge < -0.3 is 10.2 Å². The van der Waals surface area contributed by atoms with Gasteiger partial charge in [0.15, 0.2) is 0 Å². The summed E-state index contributed by atoms with van der Waals surface area (Å²) in [5.41, 5.74) is -1.36. The molecule has 1 heterocycles. The molecule has 1 atom stereocenters. The first kappa shape index (κ1) is 12.9. The number of piperazine rings is 1. The van der Waals surface area contributed by atoms with E-state index in [1.165, 1.54) is 12.8 Å². The highest BCUT2D eigenvalue weighted by molar-refractivity contribution is 6.02. The van der Waals surface area contributed by atoms with E-state index >= 15 is 0 Å². The zero-order chi connectivity index (χ0) is 13.8. The van der Waals surface area contributed by atoms with E-state index in [1.54, 1.807) is 0 Å². The first-order valence-corrected chi connectivity index (χ1v) is 7.50. The first-order valence-electron chi connectivity index (χ1n) is 7.50. The quantitative estimate of drug-likeness (QED) is 0.840. The summed E-state index contributed by atoms with van der Waals surface area (Å²) in [5, 5.41) is 2.92. The van der Waals surface area contributed by atoms with Crippen molar-refractivity contribution < 1.29 is 9.59 Å². The number of carbonyl (C=O) groups is 2. The van der Waals surface area contributed by atoms with E-state index in [2.05, 4.69) is 5.32 Å². The number of carbonyl (C=O) groups excluding carboxylic acids is 2. The summed E-state index contributed by atoms with van der Waals surface area (Å²) in [6.07, 6.45) is 5.77. The molecule has 3 aliphatic rings. The molecular weight excluding hydrogens is 240 g/mol. The second-order valence-electron chi connectivity index (χ2n) is 7.19. The van der Waals surface area contributed by atoms with Crippen molar-refractivity contribution >= 4 is 11.8 Å². The molecule has 0 aromatic carbocycles. The summed E-state index contributed by atoms with van der Waals surface area (Å²) in [6, 6.07) is 0. The number of hydrogen-bond acceptors (Lipinski definition) is 2. The smallest absolute Gasteiger partial charge is 0.248 e. The van der Waals surface area contributed by atoms with Crippen LogP contribution < -0.4 is 5.32 Å². The predicted octanol–water partition coefficient (Wildman–Crippen LogP) is 1.69. The summed E-state index contributed by atoms with van der Waals surface area (Å²) in [7, 11) is 0. The van der Waals surface area contributed by atoms with Crippen LogP contribution in [0.25, 0.3) is 0 Å². The molecule has 19 heavy (non-hydrogen) atoms. The Kier molecular flexibility index (Phi) is 2.70. The van der Waals surface area contributed by atoms with Crippen molar-refractivity contribution in [2.24, 2.45) is 11.8 Å². The molecule has 4 heteroatoms. The highest BCUT2D eigenvalue weighted by atomic mass is 16.2. The van der Waals surface area contributed by atoms with E-state index in [4.69, 9.17) is 0 Å². The van der Waals surface area contributed by atoms with E-state index < -0.39 is 11.1 Å². The van der Waals surface area contributed by atoms with Gasteiger partial charge in [-0.1, -0.05) is 12.8 Å². The number of rotatable bonds is 4. The minimum Gasteiger partial charge on any atom is -0.340 e. The average molecular weight is 264 g/mol. The fourth-order valence-corrected chi connectivity index (χ4v) is 3.24. The normalized spacial score (nSPS) is 34.4. The number of nitrogens with zero attached hydrogens (tertiary/aromatic N) is 1. The van der Waals surface area contributed by atoms with Crippen molar-refractivity contribution in [3.63, 3.8) is 0 Å². The molecule has 4 nitrogen and oxygen atoms in total. The van der Waals surface area contributed by atoms with Gasteiger partial charge in [0.2, 0.25) is 11.8 Å². The lowest BCUT2D eigenvalue weighted by molar-refractivity contribution is -0.162. The minimum absolute atomic E-state index is 0.0374. The molecule has 3 rings (SSSR count). The molecule has 0 aromatic rings. The van der Waals surface area contributed by atoms with Gasteiger partial charge in [-0.2, -0.15) is 0 Å². The Labute approximate surface area is 114 Å². The van der Waals surface area contributed by atoms with Crippen molar-refractivity contribution in [1.82, 2.24) is 10.2 Å². The molecule has 106 valence electrons. The fraction of sp³-hybridized carbons (Fsp3) is 0.867. The van der Waals surface area contributed by atoms with Crippen molar-refractivity contribution in [3.05, 3.63) is 0 Å². The van der Waals surface area contributed by atoms with Gasteiger partial charge in [-0.05, 0) is 51.9 Å². The fourth-order valence-electron chi connectivity index (χ4n) is 3.24. The van der Waals surface area contributed by atoms with Crippen molar-refractivity contribution in [3.8, 4) is 0 Å². The molecule has 0 bridgehead atoms. The Morgan fingerprint density at radius 3 is 2.32 bits per heavy atom. The second-order valence-corrected chi connectivity index (χ2v) is 7.19. The van der Waals surface area contributed by atoms with Gasteiger partial charge in [0.05, 0.1) is 0 Å². The SMILES string of the molecule is CC1(C)NC(=O)C(C)(C2CC2)N(CCC2CC2)C1=O. The summed E-state index contributed by atoms with van der Waals surface area (Å²) >= 11 is 0. The van der Waals surface area contributed by atoms with Gasteiger partial charge in [-0.25, -0.2) is 0 Å². The van der Waals surface area contributed by atoms with Crippen LogP contribution in [0.5, 0.6) is 0 Å². The van der Waals surface area contributed by atoms with E-state index in [1.807, 2.05) is 25.7 Å². The first-order chi connectivity index (χ1) is 8.85. The van der Waals surface area contributed by atoms with Crippen molar-refractivity contribution in [1.29, 1.82) is 0 Å². The zero-order valence-corrected chi connectivity index (χ0v) is 12.2. The molecule has 1 N–H and O–H groups in total. The number of nitrogens with one attached hydrogen (secondary N) is 1. The third kappa shape index (κ3) is 2.05. The van der Waals surface area contributed by atoms with Crippen LogP contribution in [0.15, 0.2) is 0 Å². The van der Waals surface area contributed by atoms with Crippen LogP contribution >= 0.6 is 0 Å². The van der Waals surface area contributed by atoms with Crippen molar-refractivity contribution in [2.75, 3.05) is 6.54 Å². The molecule has 3 fully saturated rings. The molecular formula is C15H24N2O2. The monoisotopic (exact) mass is 264 g/mol. The van der Waals surface area contributed by atoms with E-state index in [0.717, 1.165) is 31.7 Å². The lowest BCUT2D eigenvalue weighted by atomic mass is 9.84. The molecule has 0 spiro atoms. The van der Waals surface area contributed by atoms with Gasteiger partial charge in [0.25, 0.3) is 0 Å². The highest BCUT2D eigenvalue weighted by Crippen LogP contribution is 2.46. The van der Waals surface area contributed by atoms with Crippen LogP contribution in [0.4, 0.5) is 0 Å². The van der Waals surface area contributed by atoms with Gasteiger partial charge in [-0.3, -0.25) is 9.59 Å². The minimum atomic E-state index is -0.755. The van der Waals surface area contributed by atoms with E-state index in [9.17, 15) is 9.59 Å². The van der Waals surface area contributed by atoms with Gasteiger partial charge in [0, 0.05) is 6.54 Å². The molecule has 0 aromatic heterocycles. The highest BCUT2D eigenvalue weighted by Gasteiger charge is 2.58. The molecule has 2 amide bonds. The van der Waals surface area contributed by atoms with Crippen LogP contribution in [-0.2, 0) is 9.59 Å². The zero-order valence-electron chi connectivity index (χ0n) is 12.2. The van der Waals surface area contributed by atoms with Crippen LogP contribution in [0.2, 0.25) is 0 Å². The predicted molar refractivity (Wildman–Crippen MR) is 72.4 cm³/mol. The summed E-state index contributed by atoms with van der Waals surface area (Å²) < 4.78 is 0. The maximum Gasteiger partial charge on any atom is 0.248 e. The summed E-state index contributed by atoms with van der Waals surface area (Å²) in [5.74, 6) is 1.26. The molecule has 0 radical (unpaired) electrons.